The van der Waals surface area contributed by atoms with E-state index in [-0.39, 0.29) is 12.3 Å². The Kier molecular flexibility index (Phi) is 3.85. The number of benzene rings is 1. The first-order chi connectivity index (χ1) is 7.77. The molecule has 1 aromatic rings. The molecular weight excluding hydrogens is 243 g/mol. The smallest absolute Gasteiger partial charge is 0.200 e. The lowest BCUT2D eigenvalue weighted by molar-refractivity contribution is 0.0956. The molecule has 17 heavy (non-hydrogen) atoms. The Morgan fingerprint density at radius 2 is 1.24 bits per heavy atom. The highest BCUT2D eigenvalue weighted by Crippen LogP contribution is 2.24. The third-order valence-electron chi connectivity index (χ3n) is 2.08. The average molecular weight is 252 g/mol. The molecule has 0 aliphatic heterocycles. The Morgan fingerprint density at radius 3 is 1.59 bits per heavy atom. The number of rotatable bonds is 3. The lowest BCUT2D eigenvalue weighted by Gasteiger charge is -2.08. The van der Waals surface area contributed by atoms with Crippen molar-refractivity contribution in [1.82, 2.24) is 0 Å². The Labute approximate surface area is 94.2 Å². The van der Waals surface area contributed by atoms with E-state index in [1.165, 1.54) is 0 Å². The van der Waals surface area contributed by atoms with Crippen LogP contribution in [0.25, 0.3) is 0 Å². The van der Waals surface area contributed by atoms with Crippen molar-refractivity contribution >= 4 is 5.78 Å². The van der Waals surface area contributed by atoms with Crippen LogP contribution in [-0.2, 0) is 0 Å². The second-order valence-electron chi connectivity index (χ2n) is 3.97. The maximum Gasteiger partial charge on any atom is 0.200 e. The van der Waals surface area contributed by atoms with Gasteiger partial charge in [-0.1, -0.05) is 13.8 Å². The van der Waals surface area contributed by atoms with E-state index in [2.05, 4.69) is 0 Å². The second-order valence-corrected chi connectivity index (χ2v) is 3.97. The van der Waals surface area contributed by atoms with Crippen molar-refractivity contribution < 1.29 is 26.7 Å². The summed E-state index contributed by atoms with van der Waals surface area (Å²) >= 11 is 0. The average Bonchev–Trinajstić information content (AvgIpc) is 2.23. The van der Waals surface area contributed by atoms with Gasteiger partial charge in [0.05, 0.1) is 5.56 Å². The van der Waals surface area contributed by atoms with Crippen LogP contribution < -0.4 is 0 Å². The predicted octanol–water partition coefficient (Wildman–Crippen LogP) is 3.61. The summed E-state index contributed by atoms with van der Waals surface area (Å²) in [6.45, 7) is 3.17. The first kappa shape index (κ1) is 13.6. The van der Waals surface area contributed by atoms with E-state index in [0.717, 1.165) is 0 Å². The second kappa shape index (κ2) is 4.81. The fourth-order valence-corrected chi connectivity index (χ4v) is 1.32. The molecule has 0 unspecified atom stereocenters. The van der Waals surface area contributed by atoms with Crippen LogP contribution in [0.15, 0.2) is 0 Å². The first-order valence-electron chi connectivity index (χ1n) is 4.82. The molecule has 6 heteroatoms. The molecule has 0 atom stereocenters. The molecule has 0 fully saturated rings. The molecule has 0 aliphatic rings. The molecule has 1 nitrogen and oxygen atoms in total. The summed E-state index contributed by atoms with van der Waals surface area (Å²) < 4.78 is 64.6. The molecule has 0 spiro atoms. The van der Waals surface area contributed by atoms with Gasteiger partial charge >= 0.3 is 0 Å². The van der Waals surface area contributed by atoms with Gasteiger partial charge in [0.2, 0.25) is 5.82 Å². The largest absolute Gasteiger partial charge is 0.294 e. The summed E-state index contributed by atoms with van der Waals surface area (Å²) in [4.78, 5) is 11.4. The summed E-state index contributed by atoms with van der Waals surface area (Å²) in [5, 5.41) is 0. The summed E-state index contributed by atoms with van der Waals surface area (Å²) in [5.41, 5.74) is -1.37. The van der Waals surface area contributed by atoms with Crippen molar-refractivity contribution in [3.8, 4) is 0 Å². The van der Waals surface area contributed by atoms with Crippen molar-refractivity contribution in [2.75, 3.05) is 0 Å². The number of carbonyl (C=O) groups excluding carboxylic acids is 1. The lowest BCUT2D eigenvalue weighted by Crippen LogP contribution is -2.14. The number of carbonyl (C=O) groups is 1. The summed E-state index contributed by atoms with van der Waals surface area (Å²) in [6, 6.07) is 0. The van der Waals surface area contributed by atoms with Crippen LogP contribution in [0.4, 0.5) is 22.0 Å². The third kappa shape index (κ3) is 2.45. The summed E-state index contributed by atoms with van der Waals surface area (Å²) in [5.74, 6) is -12.0. The van der Waals surface area contributed by atoms with Crippen LogP contribution in [-0.4, -0.2) is 5.78 Å². The molecule has 94 valence electrons. The molecule has 0 saturated heterocycles. The van der Waals surface area contributed by atoms with Gasteiger partial charge in [0.1, 0.15) is 0 Å². The van der Waals surface area contributed by atoms with Gasteiger partial charge in [0, 0.05) is 6.42 Å². The molecule has 0 amide bonds. The highest BCUT2D eigenvalue weighted by molar-refractivity contribution is 5.96. The highest BCUT2D eigenvalue weighted by atomic mass is 19.2. The maximum absolute atomic E-state index is 13.2. The van der Waals surface area contributed by atoms with Gasteiger partial charge in [-0.2, -0.15) is 0 Å². The molecule has 0 saturated carbocycles. The van der Waals surface area contributed by atoms with Gasteiger partial charge in [0.15, 0.2) is 29.1 Å². The SMILES string of the molecule is CC(C)CC(=O)c1c(F)c(F)c(F)c(F)c1F. The predicted molar refractivity (Wildman–Crippen MR) is 50.0 cm³/mol. The number of halogens is 5. The van der Waals surface area contributed by atoms with E-state index >= 15 is 0 Å². The van der Waals surface area contributed by atoms with E-state index in [9.17, 15) is 26.7 Å². The molecule has 0 bridgehead atoms. The minimum Gasteiger partial charge on any atom is -0.294 e. The summed E-state index contributed by atoms with van der Waals surface area (Å²) in [7, 11) is 0. The Balaban J connectivity index is 3.39. The zero-order valence-corrected chi connectivity index (χ0v) is 9.08. The lowest BCUT2D eigenvalue weighted by atomic mass is 10.00. The van der Waals surface area contributed by atoms with Gasteiger partial charge in [-0.25, -0.2) is 22.0 Å². The van der Waals surface area contributed by atoms with Crippen molar-refractivity contribution in [2.24, 2.45) is 5.92 Å². The minimum atomic E-state index is -2.26. The molecule has 0 N–H and O–H groups in total. The summed E-state index contributed by atoms with van der Waals surface area (Å²) in [6.07, 6.45) is -0.293. The molecule has 0 aliphatic carbocycles. The fourth-order valence-electron chi connectivity index (χ4n) is 1.32. The normalized spacial score (nSPS) is 11.1. The van der Waals surface area contributed by atoms with Gasteiger partial charge in [0.25, 0.3) is 0 Å². The minimum absolute atomic E-state index is 0.252. The zero-order chi connectivity index (χ0) is 13.3. The van der Waals surface area contributed by atoms with E-state index in [1.54, 1.807) is 13.8 Å². The topological polar surface area (TPSA) is 17.1 Å². The third-order valence-corrected chi connectivity index (χ3v) is 2.08. The van der Waals surface area contributed by atoms with E-state index < -0.39 is 40.4 Å². The Hall–Kier alpha value is -1.46. The standard InChI is InChI=1S/C11H9F5O/c1-4(2)3-5(17)6-7(12)9(14)11(16)10(15)8(6)13/h4H,3H2,1-2H3. The van der Waals surface area contributed by atoms with Crippen LogP contribution in [0.3, 0.4) is 0 Å². The molecule has 0 aromatic heterocycles. The van der Waals surface area contributed by atoms with E-state index in [4.69, 9.17) is 0 Å². The molecule has 0 radical (unpaired) electrons. The monoisotopic (exact) mass is 252 g/mol. The van der Waals surface area contributed by atoms with Crippen LogP contribution in [0, 0.1) is 35.0 Å². The van der Waals surface area contributed by atoms with Gasteiger partial charge in [-0.15, -0.1) is 0 Å². The number of ketones is 1. The number of Topliss-reactive ketones (excluding diaryl/α,β-unsaturated/α-hetero) is 1. The molecule has 1 rings (SSSR count). The van der Waals surface area contributed by atoms with Crippen LogP contribution >= 0.6 is 0 Å². The maximum atomic E-state index is 13.2. The quantitative estimate of drug-likeness (QED) is 0.347. The van der Waals surface area contributed by atoms with Crippen molar-refractivity contribution in [3.63, 3.8) is 0 Å². The van der Waals surface area contributed by atoms with Crippen molar-refractivity contribution in [2.45, 2.75) is 20.3 Å². The Bertz CT molecular complexity index is 438. The fraction of sp³-hybridized carbons (Fsp3) is 0.364. The van der Waals surface area contributed by atoms with E-state index in [1.807, 2.05) is 0 Å². The van der Waals surface area contributed by atoms with Gasteiger partial charge < -0.3 is 0 Å². The molecule has 0 heterocycles. The van der Waals surface area contributed by atoms with Crippen LogP contribution in [0.5, 0.6) is 0 Å². The van der Waals surface area contributed by atoms with Gasteiger partial charge in [-0.05, 0) is 5.92 Å². The number of hydrogen-bond donors (Lipinski definition) is 0. The zero-order valence-electron chi connectivity index (χ0n) is 9.08. The van der Waals surface area contributed by atoms with Crippen molar-refractivity contribution in [1.29, 1.82) is 0 Å². The molecular formula is C11H9F5O. The van der Waals surface area contributed by atoms with Gasteiger partial charge in [-0.3, -0.25) is 4.79 Å². The molecule has 1 aromatic carbocycles. The highest BCUT2D eigenvalue weighted by Gasteiger charge is 2.29. The van der Waals surface area contributed by atoms with Crippen LogP contribution in [0.1, 0.15) is 30.6 Å². The number of hydrogen-bond acceptors (Lipinski definition) is 1. The van der Waals surface area contributed by atoms with Crippen molar-refractivity contribution in [3.05, 3.63) is 34.6 Å². The van der Waals surface area contributed by atoms with Crippen LogP contribution in [0.2, 0.25) is 0 Å². The van der Waals surface area contributed by atoms with E-state index in [0.29, 0.717) is 0 Å². The first-order valence-corrected chi connectivity index (χ1v) is 4.82. The Morgan fingerprint density at radius 1 is 0.882 bits per heavy atom.